The Morgan fingerprint density at radius 1 is 1.33 bits per heavy atom. The molecule has 24 heavy (non-hydrogen) atoms. The van der Waals surface area contributed by atoms with Gasteiger partial charge in [0.25, 0.3) is 0 Å². The minimum Gasteiger partial charge on any atom is -0.313 e. The first kappa shape index (κ1) is 17.4. The molecule has 0 bridgehead atoms. The van der Waals surface area contributed by atoms with E-state index in [1.54, 1.807) is 24.3 Å². The fourth-order valence-corrected chi connectivity index (χ4v) is 4.61. The number of thiazole rings is 1. The molecule has 1 aromatic heterocycles. The number of Topliss-reactive ketones (excluding diaryl/α,β-unsaturated/α-hetero) is 1. The summed E-state index contributed by atoms with van der Waals surface area (Å²) in [7, 11) is 0. The van der Waals surface area contributed by atoms with Crippen LogP contribution in [0.2, 0.25) is 5.02 Å². The molecule has 128 valence electrons. The van der Waals surface area contributed by atoms with Gasteiger partial charge in [-0.1, -0.05) is 32.4 Å². The molecule has 3 nitrogen and oxygen atoms in total. The van der Waals surface area contributed by atoms with Gasteiger partial charge in [0, 0.05) is 21.2 Å². The molecule has 1 aliphatic carbocycles. The van der Waals surface area contributed by atoms with Crippen molar-refractivity contribution < 1.29 is 4.79 Å². The van der Waals surface area contributed by atoms with E-state index < -0.39 is 0 Å². The third kappa shape index (κ3) is 3.50. The maximum absolute atomic E-state index is 12.5. The molecule has 0 spiro atoms. The molecule has 0 radical (unpaired) electrons. The lowest BCUT2D eigenvalue weighted by Gasteiger charge is -2.33. The maximum atomic E-state index is 12.5. The van der Waals surface area contributed by atoms with Crippen LogP contribution in [0.4, 0.5) is 0 Å². The van der Waals surface area contributed by atoms with Crippen molar-refractivity contribution in [3.8, 4) is 0 Å². The van der Waals surface area contributed by atoms with E-state index in [4.69, 9.17) is 17.0 Å². The van der Waals surface area contributed by atoms with Crippen LogP contribution in [0.5, 0.6) is 0 Å². The monoisotopic (exact) mass is 362 g/mol. The molecule has 1 aromatic carbocycles. The summed E-state index contributed by atoms with van der Waals surface area (Å²) in [6.45, 7) is 7.11. The zero-order valence-electron chi connectivity index (χ0n) is 14.4. The summed E-state index contributed by atoms with van der Waals surface area (Å²) >= 11 is 7.42. The molecule has 0 amide bonds. The quantitative estimate of drug-likeness (QED) is 0.789. The minimum absolute atomic E-state index is 0.0312. The van der Waals surface area contributed by atoms with E-state index in [0.717, 1.165) is 19.3 Å². The van der Waals surface area contributed by atoms with Crippen molar-refractivity contribution in [1.29, 1.82) is 5.41 Å². The van der Waals surface area contributed by atoms with Crippen molar-refractivity contribution in [1.82, 2.24) is 4.57 Å². The number of fused-ring (bicyclic) bond motifs is 1. The van der Waals surface area contributed by atoms with Gasteiger partial charge in [-0.3, -0.25) is 10.2 Å². The third-order valence-electron chi connectivity index (χ3n) is 4.97. The van der Waals surface area contributed by atoms with Gasteiger partial charge in [0.15, 0.2) is 10.6 Å². The number of hydrogen-bond acceptors (Lipinski definition) is 3. The van der Waals surface area contributed by atoms with E-state index in [1.807, 2.05) is 4.57 Å². The summed E-state index contributed by atoms with van der Waals surface area (Å²) in [6, 6.07) is 6.97. The number of halogens is 1. The summed E-state index contributed by atoms with van der Waals surface area (Å²) in [5.41, 5.74) is 2.12. The SMILES string of the molecule is CC(C)(C)[C@H]1CCc2c(sc(=N)n2CC(=O)c2ccc(Cl)cc2)C1. The molecule has 3 rings (SSSR count). The summed E-state index contributed by atoms with van der Waals surface area (Å²) in [5, 5.41) is 8.91. The van der Waals surface area contributed by atoms with Crippen molar-refractivity contribution in [2.24, 2.45) is 11.3 Å². The van der Waals surface area contributed by atoms with Crippen LogP contribution in [-0.2, 0) is 19.4 Å². The largest absolute Gasteiger partial charge is 0.313 e. The topological polar surface area (TPSA) is 45.9 Å². The van der Waals surface area contributed by atoms with Crippen LogP contribution in [0.15, 0.2) is 24.3 Å². The second-order valence-electron chi connectivity index (χ2n) is 7.60. The average Bonchev–Trinajstić information content (AvgIpc) is 2.82. The van der Waals surface area contributed by atoms with Crippen molar-refractivity contribution in [3.63, 3.8) is 0 Å². The molecule has 0 saturated heterocycles. The van der Waals surface area contributed by atoms with Gasteiger partial charge in [-0.05, 0) is 54.9 Å². The highest BCUT2D eigenvalue weighted by Crippen LogP contribution is 2.38. The molecule has 0 fully saturated rings. The second kappa shape index (κ2) is 6.49. The summed E-state index contributed by atoms with van der Waals surface area (Å²) in [4.78, 5) is 14.3. The van der Waals surface area contributed by atoms with Crippen LogP contribution in [0.1, 0.15) is 48.1 Å². The Morgan fingerprint density at radius 2 is 2.00 bits per heavy atom. The summed E-state index contributed by atoms with van der Waals surface area (Å²) < 4.78 is 1.90. The molecular formula is C19H23ClN2OS. The van der Waals surface area contributed by atoms with Gasteiger partial charge in [0.05, 0.1) is 6.54 Å². The Morgan fingerprint density at radius 3 is 2.62 bits per heavy atom. The number of rotatable bonds is 3. The van der Waals surface area contributed by atoms with Gasteiger partial charge in [-0.15, -0.1) is 11.3 Å². The molecule has 1 N–H and O–H groups in total. The molecule has 2 aromatic rings. The van der Waals surface area contributed by atoms with E-state index >= 15 is 0 Å². The van der Waals surface area contributed by atoms with Crippen LogP contribution >= 0.6 is 22.9 Å². The van der Waals surface area contributed by atoms with Crippen LogP contribution in [0.3, 0.4) is 0 Å². The Labute approximate surface area is 151 Å². The van der Waals surface area contributed by atoms with Crippen LogP contribution in [0, 0.1) is 16.7 Å². The molecule has 1 aliphatic rings. The summed E-state index contributed by atoms with van der Waals surface area (Å²) in [6.07, 6.45) is 3.11. The number of nitrogens with one attached hydrogen (secondary N) is 1. The Kier molecular flexibility index (Phi) is 4.71. The van der Waals surface area contributed by atoms with Crippen molar-refractivity contribution in [2.45, 2.75) is 46.6 Å². The van der Waals surface area contributed by atoms with Gasteiger partial charge in [0.1, 0.15) is 0 Å². The number of aromatic nitrogens is 1. The number of carbonyl (C=O) groups excluding carboxylic acids is 1. The number of ketones is 1. The van der Waals surface area contributed by atoms with Gasteiger partial charge >= 0.3 is 0 Å². The molecule has 0 saturated carbocycles. The third-order valence-corrected chi connectivity index (χ3v) is 6.28. The Bertz CT molecular complexity index is 811. The lowest BCUT2D eigenvalue weighted by atomic mass is 9.73. The van der Waals surface area contributed by atoms with Gasteiger partial charge in [-0.2, -0.15) is 0 Å². The van der Waals surface area contributed by atoms with E-state index in [-0.39, 0.29) is 17.7 Å². The molecular weight excluding hydrogens is 340 g/mol. The number of carbonyl (C=O) groups is 1. The fraction of sp³-hybridized carbons (Fsp3) is 0.474. The number of benzene rings is 1. The lowest BCUT2D eigenvalue weighted by molar-refractivity contribution is 0.0969. The van der Waals surface area contributed by atoms with E-state index in [2.05, 4.69) is 20.8 Å². The molecule has 0 aliphatic heterocycles. The molecule has 1 heterocycles. The molecule has 5 heteroatoms. The standard InChI is InChI=1S/C19H23ClN2OS/c1-19(2,3)13-6-9-15-17(10-13)24-18(21)22(15)11-16(23)12-4-7-14(20)8-5-12/h4-5,7-8,13,21H,6,9-11H2,1-3H3/t13-/m0/s1. The Hall–Kier alpha value is -1.39. The highest BCUT2D eigenvalue weighted by Gasteiger charge is 2.31. The predicted molar refractivity (Wildman–Crippen MR) is 98.9 cm³/mol. The Balaban J connectivity index is 1.84. The number of nitrogens with zero attached hydrogens (tertiary/aromatic N) is 1. The van der Waals surface area contributed by atoms with Gasteiger partial charge in [0.2, 0.25) is 0 Å². The zero-order valence-corrected chi connectivity index (χ0v) is 15.9. The lowest BCUT2D eigenvalue weighted by Crippen LogP contribution is -2.28. The number of hydrogen-bond donors (Lipinski definition) is 1. The van der Waals surface area contributed by atoms with Crippen LogP contribution < -0.4 is 4.80 Å². The maximum Gasteiger partial charge on any atom is 0.182 e. The predicted octanol–water partition coefficient (Wildman–Crippen LogP) is 4.72. The average molecular weight is 363 g/mol. The molecule has 0 unspecified atom stereocenters. The first-order valence-electron chi connectivity index (χ1n) is 8.30. The van der Waals surface area contributed by atoms with Crippen molar-refractivity contribution >= 4 is 28.7 Å². The second-order valence-corrected chi connectivity index (χ2v) is 9.12. The highest BCUT2D eigenvalue weighted by atomic mass is 35.5. The fourth-order valence-electron chi connectivity index (χ4n) is 3.35. The summed E-state index contributed by atoms with van der Waals surface area (Å²) in [5.74, 6) is 0.673. The van der Waals surface area contributed by atoms with E-state index in [0.29, 0.717) is 21.3 Å². The van der Waals surface area contributed by atoms with Crippen molar-refractivity contribution in [3.05, 3.63) is 50.2 Å². The van der Waals surface area contributed by atoms with Gasteiger partial charge in [-0.25, -0.2) is 0 Å². The van der Waals surface area contributed by atoms with E-state index in [9.17, 15) is 4.79 Å². The zero-order chi connectivity index (χ0) is 17.5. The van der Waals surface area contributed by atoms with E-state index in [1.165, 1.54) is 21.9 Å². The van der Waals surface area contributed by atoms with Gasteiger partial charge < -0.3 is 4.57 Å². The van der Waals surface area contributed by atoms with Crippen LogP contribution in [-0.4, -0.2) is 10.4 Å². The normalized spacial score (nSPS) is 17.6. The first-order chi connectivity index (χ1) is 11.3. The smallest absolute Gasteiger partial charge is 0.182 e. The highest BCUT2D eigenvalue weighted by molar-refractivity contribution is 7.09. The van der Waals surface area contributed by atoms with Crippen LogP contribution in [0.25, 0.3) is 0 Å². The van der Waals surface area contributed by atoms with Crippen molar-refractivity contribution in [2.75, 3.05) is 0 Å². The first-order valence-corrected chi connectivity index (χ1v) is 9.50. The molecule has 1 atom stereocenters. The minimum atomic E-state index is 0.0312.